The Morgan fingerprint density at radius 2 is 1.77 bits per heavy atom. The molecule has 0 heterocycles. The zero-order chi connectivity index (χ0) is 19.3. The van der Waals surface area contributed by atoms with Crippen LogP contribution in [0.2, 0.25) is 0 Å². The third kappa shape index (κ3) is 5.43. The molecule has 0 saturated heterocycles. The van der Waals surface area contributed by atoms with E-state index in [2.05, 4.69) is 10.7 Å². The number of hydrazine groups is 2. The van der Waals surface area contributed by atoms with Crippen LogP contribution in [0.3, 0.4) is 0 Å². The van der Waals surface area contributed by atoms with Crippen molar-refractivity contribution in [3.63, 3.8) is 0 Å². The summed E-state index contributed by atoms with van der Waals surface area (Å²) in [5.41, 5.74) is 9.37. The Hall–Kier alpha value is -2.66. The third-order valence-electron chi connectivity index (χ3n) is 3.40. The third-order valence-corrected chi connectivity index (χ3v) is 3.40. The smallest absolute Gasteiger partial charge is 0.416 e. The number of carboxylic acids is 1. The van der Waals surface area contributed by atoms with E-state index in [1.165, 1.54) is 12.1 Å². The molecule has 1 atom stereocenters. The summed E-state index contributed by atoms with van der Waals surface area (Å²) in [6, 6.07) is 11.4. The minimum absolute atomic E-state index is 0.438. The van der Waals surface area contributed by atoms with E-state index in [0.717, 1.165) is 17.3 Å². The summed E-state index contributed by atoms with van der Waals surface area (Å²) in [7, 11) is 0. The highest BCUT2D eigenvalue weighted by Gasteiger charge is 2.29. The summed E-state index contributed by atoms with van der Waals surface area (Å²) >= 11 is 0. The quantitative estimate of drug-likeness (QED) is 0.288. The van der Waals surface area contributed by atoms with Crippen molar-refractivity contribution in [3.8, 4) is 0 Å². The molecule has 10 heteroatoms. The van der Waals surface area contributed by atoms with Crippen molar-refractivity contribution in [2.45, 2.75) is 12.3 Å². The van der Waals surface area contributed by atoms with Gasteiger partial charge < -0.3 is 16.2 Å². The van der Waals surface area contributed by atoms with Gasteiger partial charge >= 0.3 is 12.1 Å². The Morgan fingerprint density at radius 1 is 1.15 bits per heavy atom. The molecule has 7 nitrogen and oxygen atoms in total. The van der Waals surface area contributed by atoms with E-state index in [0.29, 0.717) is 16.9 Å². The number of hydrogen-bond acceptors (Lipinski definition) is 6. The van der Waals surface area contributed by atoms with Crippen LogP contribution in [0.4, 0.5) is 24.5 Å². The molecule has 2 aromatic carbocycles. The maximum absolute atomic E-state index is 12.6. The number of halogens is 3. The molecule has 2 aromatic rings. The Labute approximate surface area is 147 Å². The van der Waals surface area contributed by atoms with Gasteiger partial charge in [0.25, 0.3) is 0 Å². The van der Waals surface area contributed by atoms with Gasteiger partial charge in [0.2, 0.25) is 0 Å². The summed E-state index contributed by atoms with van der Waals surface area (Å²) in [5, 5.41) is 12.5. The van der Waals surface area contributed by atoms with Gasteiger partial charge in [0.1, 0.15) is 6.54 Å². The Morgan fingerprint density at radius 3 is 2.35 bits per heavy atom. The van der Waals surface area contributed by atoms with Gasteiger partial charge in [-0.25, -0.2) is 5.43 Å². The van der Waals surface area contributed by atoms with Gasteiger partial charge in [-0.3, -0.25) is 10.6 Å². The standard InChI is InChI=1S/C16H18F3N5O2/c17-16(18,19)10-5-7-11(8-6-10)22-13-4-2-1-3-12(13)15(20)23-24(21)9-14(25)26/h1-8,15,22-23H,9,20-21H2,(H,25,26). The zero-order valence-electron chi connectivity index (χ0n) is 13.5. The highest BCUT2D eigenvalue weighted by atomic mass is 19.4. The molecule has 7 N–H and O–H groups in total. The molecule has 140 valence electrons. The lowest BCUT2D eigenvalue weighted by Crippen LogP contribution is -2.50. The van der Waals surface area contributed by atoms with E-state index in [-0.39, 0.29) is 0 Å². The number of rotatable bonds is 7. The number of nitrogens with zero attached hydrogens (tertiary/aromatic N) is 1. The average molecular weight is 369 g/mol. The Kier molecular flexibility index (Phi) is 6.16. The molecule has 0 aliphatic carbocycles. The lowest BCUT2D eigenvalue weighted by atomic mass is 10.1. The van der Waals surface area contributed by atoms with Gasteiger partial charge in [-0.1, -0.05) is 18.2 Å². The lowest BCUT2D eigenvalue weighted by Gasteiger charge is -2.23. The second kappa shape index (κ2) is 8.15. The molecule has 1 unspecified atom stereocenters. The highest BCUT2D eigenvalue weighted by Crippen LogP contribution is 2.31. The maximum Gasteiger partial charge on any atom is 0.416 e. The molecule has 0 fully saturated rings. The number of aliphatic carboxylic acids is 1. The summed E-state index contributed by atoms with van der Waals surface area (Å²) in [5.74, 6) is 4.37. The van der Waals surface area contributed by atoms with Crippen molar-refractivity contribution < 1.29 is 23.1 Å². The van der Waals surface area contributed by atoms with Gasteiger partial charge in [-0.05, 0) is 30.3 Å². The van der Waals surface area contributed by atoms with Crippen LogP contribution >= 0.6 is 0 Å². The SMILES string of the molecule is NC(NN(N)CC(=O)O)c1ccccc1Nc1ccc(C(F)(F)F)cc1. The molecule has 26 heavy (non-hydrogen) atoms. The Balaban J connectivity index is 2.14. The molecule has 0 aliphatic rings. The largest absolute Gasteiger partial charge is 0.480 e. The molecule has 0 aliphatic heterocycles. The van der Waals surface area contributed by atoms with Crippen molar-refractivity contribution >= 4 is 17.3 Å². The first-order valence-corrected chi connectivity index (χ1v) is 7.46. The molecule has 0 amide bonds. The van der Waals surface area contributed by atoms with Crippen molar-refractivity contribution in [1.29, 1.82) is 0 Å². The van der Waals surface area contributed by atoms with Gasteiger partial charge in [-0.15, -0.1) is 0 Å². The second-order valence-electron chi connectivity index (χ2n) is 5.42. The van der Waals surface area contributed by atoms with Crippen LogP contribution < -0.4 is 22.3 Å². The normalized spacial score (nSPS) is 12.8. The molecular formula is C16H18F3N5O2. The molecule has 0 spiro atoms. The van der Waals surface area contributed by atoms with Crippen LogP contribution in [-0.2, 0) is 11.0 Å². The number of carboxylic acid groups (broad SMARTS) is 1. The van der Waals surface area contributed by atoms with Crippen molar-refractivity contribution in [2.24, 2.45) is 11.6 Å². The molecule has 0 aromatic heterocycles. The number of hydrogen-bond donors (Lipinski definition) is 5. The number of benzene rings is 2. The molecule has 0 saturated carbocycles. The summed E-state index contributed by atoms with van der Waals surface area (Å²) in [4.78, 5) is 10.6. The number of anilines is 2. The number of nitrogens with two attached hydrogens (primary N) is 2. The van der Waals surface area contributed by atoms with E-state index in [9.17, 15) is 18.0 Å². The first-order valence-electron chi connectivity index (χ1n) is 7.46. The second-order valence-corrected chi connectivity index (χ2v) is 5.42. The predicted octanol–water partition coefficient (Wildman–Crippen LogP) is 2.17. The van der Waals surface area contributed by atoms with Gasteiger partial charge in [-0.2, -0.15) is 18.3 Å². The molecule has 2 rings (SSSR count). The molecule has 0 bridgehead atoms. The van der Waals surface area contributed by atoms with Gasteiger partial charge in [0.05, 0.1) is 11.7 Å². The van der Waals surface area contributed by atoms with Crippen LogP contribution in [0.15, 0.2) is 48.5 Å². The van der Waals surface area contributed by atoms with Gasteiger partial charge in [0, 0.05) is 16.9 Å². The summed E-state index contributed by atoms with van der Waals surface area (Å²) < 4.78 is 37.9. The lowest BCUT2D eigenvalue weighted by molar-refractivity contribution is -0.139. The monoisotopic (exact) mass is 369 g/mol. The van der Waals surface area contributed by atoms with E-state index < -0.39 is 30.4 Å². The van der Waals surface area contributed by atoms with E-state index >= 15 is 0 Å². The topological polar surface area (TPSA) is 117 Å². The number of carbonyl (C=O) groups is 1. The predicted molar refractivity (Wildman–Crippen MR) is 89.8 cm³/mol. The van der Waals surface area contributed by atoms with Gasteiger partial charge in [0.15, 0.2) is 0 Å². The van der Waals surface area contributed by atoms with Crippen LogP contribution in [0, 0.1) is 0 Å². The van der Waals surface area contributed by atoms with Crippen LogP contribution in [0.1, 0.15) is 17.3 Å². The minimum Gasteiger partial charge on any atom is -0.480 e. The van der Waals surface area contributed by atoms with E-state index in [1.807, 2.05) is 0 Å². The summed E-state index contributed by atoms with van der Waals surface area (Å²) in [6.45, 7) is -0.470. The highest BCUT2D eigenvalue weighted by molar-refractivity contribution is 5.69. The first kappa shape index (κ1) is 19.7. The molecule has 0 radical (unpaired) electrons. The Bertz CT molecular complexity index is 752. The van der Waals surface area contributed by atoms with Crippen molar-refractivity contribution in [3.05, 3.63) is 59.7 Å². The van der Waals surface area contributed by atoms with E-state index in [1.54, 1.807) is 24.3 Å². The number of para-hydroxylation sites is 1. The van der Waals surface area contributed by atoms with Crippen molar-refractivity contribution in [2.75, 3.05) is 11.9 Å². The van der Waals surface area contributed by atoms with Crippen LogP contribution in [0.5, 0.6) is 0 Å². The number of nitrogens with one attached hydrogen (secondary N) is 2. The zero-order valence-corrected chi connectivity index (χ0v) is 13.5. The minimum atomic E-state index is -4.41. The number of alkyl halides is 3. The van der Waals surface area contributed by atoms with E-state index in [4.69, 9.17) is 16.7 Å². The fourth-order valence-electron chi connectivity index (χ4n) is 2.22. The summed E-state index contributed by atoms with van der Waals surface area (Å²) in [6.07, 6.45) is -5.24. The maximum atomic E-state index is 12.6. The van der Waals surface area contributed by atoms with Crippen molar-refractivity contribution in [1.82, 2.24) is 10.5 Å². The average Bonchev–Trinajstić information content (AvgIpc) is 2.54. The fourth-order valence-corrected chi connectivity index (χ4v) is 2.22. The fraction of sp³-hybridized carbons (Fsp3) is 0.188. The first-order chi connectivity index (χ1) is 12.2. The molecular weight excluding hydrogens is 351 g/mol. The van der Waals surface area contributed by atoms with Crippen LogP contribution in [-0.4, -0.2) is 22.7 Å². The van der Waals surface area contributed by atoms with Crippen LogP contribution in [0.25, 0.3) is 0 Å².